The van der Waals surface area contributed by atoms with Crippen LogP contribution in [0, 0.1) is 17.8 Å². The first-order chi connectivity index (χ1) is 5.20. The zero-order valence-corrected chi connectivity index (χ0v) is 8.27. The highest BCUT2D eigenvalue weighted by molar-refractivity contribution is 4.71. The van der Waals surface area contributed by atoms with Crippen molar-refractivity contribution in [2.75, 3.05) is 0 Å². The van der Waals surface area contributed by atoms with Gasteiger partial charge >= 0.3 is 0 Å². The second-order valence-electron chi connectivity index (χ2n) is 4.57. The summed E-state index contributed by atoms with van der Waals surface area (Å²) in [5.41, 5.74) is 0. The van der Waals surface area contributed by atoms with Gasteiger partial charge < -0.3 is 0 Å². The van der Waals surface area contributed by atoms with Gasteiger partial charge in [0.2, 0.25) is 0 Å². The summed E-state index contributed by atoms with van der Waals surface area (Å²) in [7, 11) is 0. The van der Waals surface area contributed by atoms with Gasteiger partial charge in [-0.15, -0.1) is 0 Å². The van der Waals surface area contributed by atoms with Crippen LogP contribution in [0.15, 0.2) is 0 Å². The van der Waals surface area contributed by atoms with Crippen LogP contribution < -0.4 is 0 Å². The van der Waals surface area contributed by atoms with Gasteiger partial charge in [-0.25, -0.2) is 0 Å². The lowest BCUT2D eigenvalue weighted by Crippen LogP contribution is -2.18. The Kier molecular flexibility index (Phi) is 3.42. The Balaban J connectivity index is 0.000000112. The Bertz CT molecular complexity index is 94.6. The first kappa shape index (κ1) is 9.09. The van der Waals surface area contributed by atoms with Crippen molar-refractivity contribution in [3.05, 3.63) is 0 Å². The molecule has 0 nitrogen and oxygen atoms in total. The molecular formula is C11H22. The van der Waals surface area contributed by atoms with E-state index in [2.05, 4.69) is 20.8 Å². The van der Waals surface area contributed by atoms with E-state index in [0.29, 0.717) is 0 Å². The molecule has 0 N–H and O–H groups in total. The van der Waals surface area contributed by atoms with E-state index in [9.17, 15) is 0 Å². The zero-order chi connectivity index (χ0) is 8.27. The summed E-state index contributed by atoms with van der Waals surface area (Å²) >= 11 is 0. The molecule has 0 radical (unpaired) electrons. The Labute approximate surface area is 71.4 Å². The first-order valence-electron chi connectivity index (χ1n) is 5.20. The molecule has 0 bridgehead atoms. The average molecular weight is 154 g/mol. The predicted octanol–water partition coefficient (Wildman–Crippen LogP) is 3.86. The van der Waals surface area contributed by atoms with Gasteiger partial charge in [-0.3, -0.25) is 0 Å². The smallest absolute Gasteiger partial charge is 0.0417 e. The molecule has 2 saturated carbocycles. The summed E-state index contributed by atoms with van der Waals surface area (Å²) in [6.45, 7) is 6.96. The van der Waals surface area contributed by atoms with Crippen molar-refractivity contribution in [2.24, 2.45) is 17.8 Å². The van der Waals surface area contributed by atoms with E-state index in [-0.39, 0.29) is 0 Å². The van der Waals surface area contributed by atoms with Crippen LogP contribution >= 0.6 is 0 Å². The van der Waals surface area contributed by atoms with Gasteiger partial charge in [-0.2, -0.15) is 0 Å². The van der Waals surface area contributed by atoms with Gasteiger partial charge in [-0.1, -0.05) is 52.9 Å². The van der Waals surface area contributed by atoms with E-state index in [4.69, 9.17) is 0 Å². The third-order valence-electron chi connectivity index (χ3n) is 3.44. The minimum atomic E-state index is 1.03. The molecule has 2 unspecified atom stereocenters. The van der Waals surface area contributed by atoms with Crippen LogP contribution in [0.1, 0.15) is 52.9 Å². The molecule has 2 atom stereocenters. The molecule has 66 valence electrons. The fourth-order valence-electron chi connectivity index (χ4n) is 1.45. The Morgan fingerprint density at radius 2 is 1.09 bits per heavy atom. The molecule has 0 spiro atoms. The highest BCUT2D eigenvalue weighted by atomic mass is 14.3. The highest BCUT2D eigenvalue weighted by Crippen LogP contribution is 2.32. The molecule has 0 aromatic rings. The minimum absolute atomic E-state index is 1.03. The topological polar surface area (TPSA) is 0 Å². The molecule has 0 heteroatoms. The van der Waals surface area contributed by atoms with Gasteiger partial charge in [0.05, 0.1) is 0 Å². The fourth-order valence-corrected chi connectivity index (χ4v) is 1.45. The third-order valence-corrected chi connectivity index (χ3v) is 3.44. The second-order valence-corrected chi connectivity index (χ2v) is 4.57. The summed E-state index contributed by atoms with van der Waals surface area (Å²) in [5.74, 6) is 3.13. The average Bonchev–Trinajstić information content (AvgIpc) is 1.98. The zero-order valence-electron chi connectivity index (χ0n) is 8.27. The van der Waals surface area contributed by atoms with Crippen molar-refractivity contribution in [2.45, 2.75) is 52.9 Å². The van der Waals surface area contributed by atoms with Crippen LogP contribution in [-0.2, 0) is 0 Å². The number of rotatable bonds is 0. The van der Waals surface area contributed by atoms with E-state index in [0.717, 1.165) is 17.8 Å². The lowest BCUT2D eigenvalue weighted by atomic mass is 9.77. The van der Waals surface area contributed by atoms with Crippen LogP contribution in [-0.4, -0.2) is 0 Å². The van der Waals surface area contributed by atoms with E-state index < -0.39 is 0 Å². The van der Waals surface area contributed by atoms with Crippen LogP contribution in [0.25, 0.3) is 0 Å². The Morgan fingerprint density at radius 1 is 0.727 bits per heavy atom. The molecule has 0 aromatic carbocycles. The monoisotopic (exact) mass is 154 g/mol. The lowest BCUT2D eigenvalue weighted by Gasteiger charge is -2.29. The molecule has 2 fully saturated rings. The number of hydrogen-bond acceptors (Lipinski definition) is 0. The summed E-state index contributed by atoms with van der Waals surface area (Å²) < 4.78 is 0. The van der Waals surface area contributed by atoms with Gasteiger partial charge in [0.25, 0.3) is 0 Å². The largest absolute Gasteiger partial charge is 0.0625 e. The van der Waals surface area contributed by atoms with E-state index in [1.165, 1.54) is 32.1 Å². The van der Waals surface area contributed by atoms with Crippen molar-refractivity contribution in [3.63, 3.8) is 0 Å². The van der Waals surface area contributed by atoms with Crippen molar-refractivity contribution >= 4 is 0 Å². The summed E-state index contributed by atoms with van der Waals surface area (Å²) in [6, 6.07) is 0. The third kappa shape index (κ3) is 2.84. The van der Waals surface area contributed by atoms with Crippen LogP contribution in [0.5, 0.6) is 0 Å². The Hall–Kier alpha value is 0. The van der Waals surface area contributed by atoms with Crippen molar-refractivity contribution in [3.8, 4) is 0 Å². The SMILES string of the molecule is CC1CCC1.CC1CCC1C. The normalized spacial score (nSPS) is 36.3. The second kappa shape index (κ2) is 4.13. The summed E-state index contributed by atoms with van der Waals surface area (Å²) in [4.78, 5) is 0. The Morgan fingerprint density at radius 3 is 1.09 bits per heavy atom. The molecule has 2 rings (SSSR count). The maximum atomic E-state index is 2.33. The van der Waals surface area contributed by atoms with Gasteiger partial charge in [0.15, 0.2) is 0 Å². The molecular weight excluding hydrogens is 132 g/mol. The molecule has 2 aliphatic rings. The quantitative estimate of drug-likeness (QED) is 0.497. The van der Waals surface area contributed by atoms with E-state index in [1.54, 1.807) is 0 Å². The molecule has 0 aromatic heterocycles. The van der Waals surface area contributed by atoms with Gasteiger partial charge in [0.1, 0.15) is 0 Å². The molecule has 0 heterocycles. The number of hydrogen-bond donors (Lipinski definition) is 0. The standard InChI is InChI=1S/C6H12.C5H10/c1-5-3-4-6(5)2;1-5-3-2-4-5/h5-6H,3-4H2,1-2H3;5H,2-4H2,1H3. The van der Waals surface area contributed by atoms with Crippen molar-refractivity contribution < 1.29 is 0 Å². The molecule has 0 saturated heterocycles. The van der Waals surface area contributed by atoms with Gasteiger partial charge in [-0.05, 0) is 17.8 Å². The van der Waals surface area contributed by atoms with E-state index in [1.807, 2.05) is 0 Å². The van der Waals surface area contributed by atoms with Crippen molar-refractivity contribution in [1.82, 2.24) is 0 Å². The molecule has 0 amide bonds. The summed E-state index contributed by atoms with van der Waals surface area (Å²) in [6.07, 6.45) is 7.41. The molecule has 11 heavy (non-hydrogen) atoms. The van der Waals surface area contributed by atoms with Crippen LogP contribution in [0.4, 0.5) is 0 Å². The van der Waals surface area contributed by atoms with E-state index >= 15 is 0 Å². The molecule has 2 aliphatic carbocycles. The fraction of sp³-hybridized carbons (Fsp3) is 1.00. The first-order valence-corrected chi connectivity index (χ1v) is 5.20. The lowest BCUT2D eigenvalue weighted by molar-refractivity contribution is 0.219. The van der Waals surface area contributed by atoms with Gasteiger partial charge in [0, 0.05) is 0 Å². The van der Waals surface area contributed by atoms with Crippen molar-refractivity contribution in [1.29, 1.82) is 0 Å². The summed E-state index contributed by atoms with van der Waals surface area (Å²) in [5, 5.41) is 0. The van der Waals surface area contributed by atoms with Crippen LogP contribution in [0.2, 0.25) is 0 Å². The maximum Gasteiger partial charge on any atom is -0.0417 e. The maximum absolute atomic E-state index is 2.33. The van der Waals surface area contributed by atoms with Crippen LogP contribution in [0.3, 0.4) is 0 Å². The minimum Gasteiger partial charge on any atom is -0.0625 e. The predicted molar refractivity (Wildman–Crippen MR) is 50.6 cm³/mol. The highest BCUT2D eigenvalue weighted by Gasteiger charge is 2.20. The molecule has 0 aliphatic heterocycles.